The smallest absolute Gasteiger partial charge is 0.255 e. The van der Waals surface area contributed by atoms with Crippen LogP contribution in [0, 0.1) is 6.92 Å². The number of hydrogen-bond acceptors (Lipinski definition) is 4. The number of aromatic amines is 1. The standard InChI is InChI=1S/C20H18BrN3O2S/c1-13-15(11-14-7-3-2-4-8-14)19(26)24-20(22-13)27-12-18(25)23-17-10-6-5-9-16(17)21/h2-10H,11-12H2,1H3,(H,23,25)(H,22,24,26). The number of para-hydroxylation sites is 1. The molecule has 0 aliphatic carbocycles. The van der Waals surface area contributed by atoms with Crippen LogP contribution >= 0.6 is 27.7 Å². The molecule has 3 rings (SSSR count). The topological polar surface area (TPSA) is 74.8 Å². The van der Waals surface area contributed by atoms with Gasteiger partial charge in [0, 0.05) is 22.2 Å². The molecule has 3 aromatic rings. The van der Waals surface area contributed by atoms with Crippen LogP contribution in [0.1, 0.15) is 16.8 Å². The van der Waals surface area contributed by atoms with E-state index in [4.69, 9.17) is 0 Å². The Morgan fingerprint density at radius 3 is 2.56 bits per heavy atom. The highest BCUT2D eigenvalue weighted by molar-refractivity contribution is 9.10. The molecule has 0 unspecified atom stereocenters. The lowest BCUT2D eigenvalue weighted by molar-refractivity contribution is -0.113. The number of rotatable bonds is 6. The highest BCUT2D eigenvalue weighted by atomic mass is 79.9. The lowest BCUT2D eigenvalue weighted by Crippen LogP contribution is -2.19. The highest BCUT2D eigenvalue weighted by Crippen LogP contribution is 2.22. The zero-order valence-electron chi connectivity index (χ0n) is 14.7. The van der Waals surface area contributed by atoms with Crippen molar-refractivity contribution >= 4 is 39.3 Å². The van der Waals surface area contributed by atoms with Crippen molar-refractivity contribution in [2.24, 2.45) is 0 Å². The van der Waals surface area contributed by atoms with Crippen molar-refractivity contribution < 1.29 is 4.79 Å². The third-order valence-electron chi connectivity index (χ3n) is 3.91. The van der Waals surface area contributed by atoms with Crippen LogP contribution in [0.25, 0.3) is 0 Å². The minimum absolute atomic E-state index is 0.155. The number of nitrogens with one attached hydrogen (secondary N) is 2. The molecule has 0 aliphatic rings. The summed E-state index contributed by atoms with van der Waals surface area (Å²) in [5.74, 6) is -0.0116. The Balaban J connectivity index is 1.65. The van der Waals surface area contributed by atoms with Crippen molar-refractivity contribution in [3.63, 3.8) is 0 Å². The maximum atomic E-state index is 12.4. The summed E-state index contributed by atoms with van der Waals surface area (Å²) in [4.78, 5) is 31.8. The Hall–Kier alpha value is -2.38. The summed E-state index contributed by atoms with van der Waals surface area (Å²) >= 11 is 4.60. The molecule has 0 spiro atoms. The van der Waals surface area contributed by atoms with E-state index in [0.29, 0.717) is 28.5 Å². The van der Waals surface area contributed by atoms with Gasteiger partial charge in [0.2, 0.25) is 5.91 Å². The third-order valence-corrected chi connectivity index (χ3v) is 5.48. The van der Waals surface area contributed by atoms with Crippen molar-refractivity contribution in [3.05, 3.63) is 86.2 Å². The van der Waals surface area contributed by atoms with E-state index in [1.807, 2.05) is 61.5 Å². The highest BCUT2D eigenvalue weighted by Gasteiger charge is 2.11. The van der Waals surface area contributed by atoms with E-state index in [-0.39, 0.29) is 17.2 Å². The molecule has 138 valence electrons. The van der Waals surface area contributed by atoms with Crippen molar-refractivity contribution in [2.75, 3.05) is 11.1 Å². The van der Waals surface area contributed by atoms with Gasteiger partial charge in [-0.15, -0.1) is 0 Å². The van der Waals surface area contributed by atoms with Gasteiger partial charge < -0.3 is 10.3 Å². The predicted molar refractivity (Wildman–Crippen MR) is 112 cm³/mol. The molecule has 0 saturated heterocycles. The van der Waals surface area contributed by atoms with E-state index in [2.05, 4.69) is 31.2 Å². The van der Waals surface area contributed by atoms with Crippen LogP contribution in [0.3, 0.4) is 0 Å². The minimum atomic E-state index is -0.167. The fourth-order valence-corrected chi connectivity index (χ4v) is 3.63. The van der Waals surface area contributed by atoms with E-state index >= 15 is 0 Å². The second-order valence-electron chi connectivity index (χ2n) is 5.91. The van der Waals surface area contributed by atoms with E-state index in [1.165, 1.54) is 11.8 Å². The molecule has 0 radical (unpaired) electrons. The van der Waals surface area contributed by atoms with Crippen LogP contribution in [0.4, 0.5) is 5.69 Å². The average molecular weight is 444 g/mol. The number of aryl methyl sites for hydroxylation is 1. The monoisotopic (exact) mass is 443 g/mol. The van der Waals surface area contributed by atoms with Crippen molar-refractivity contribution in [1.29, 1.82) is 0 Å². The molecule has 1 aromatic heterocycles. The van der Waals surface area contributed by atoms with Gasteiger partial charge in [0.25, 0.3) is 5.56 Å². The second-order valence-corrected chi connectivity index (χ2v) is 7.73. The summed E-state index contributed by atoms with van der Waals surface area (Å²) in [6.45, 7) is 1.82. The predicted octanol–water partition coefficient (Wildman–Crippen LogP) is 4.16. The number of thioether (sulfide) groups is 1. The molecule has 0 fully saturated rings. The van der Waals surface area contributed by atoms with Crippen molar-refractivity contribution in [1.82, 2.24) is 9.97 Å². The molecule has 2 aromatic carbocycles. The molecule has 5 nitrogen and oxygen atoms in total. The summed E-state index contributed by atoms with van der Waals surface area (Å²) < 4.78 is 0.816. The molecule has 1 amide bonds. The molecular formula is C20H18BrN3O2S. The summed E-state index contributed by atoms with van der Waals surface area (Å²) in [7, 11) is 0. The molecule has 0 aliphatic heterocycles. The largest absolute Gasteiger partial charge is 0.324 e. The van der Waals surface area contributed by atoms with Crippen molar-refractivity contribution in [3.8, 4) is 0 Å². The molecule has 7 heteroatoms. The molecule has 27 heavy (non-hydrogen) atoms. The first-order chi connectivity index (χ1) is 13.0. The number of carbonyl (C=O) groups excluding carboxylic acids is 1. The zero-order chi connectivity index (χ0) is 19.2. The maximum absolute atomic E-state index is 12.4. The van der Waals surface area contributed by atoms with Gasteiger partial charge in [0.05, 0.1) is 11.4 Å². The number of anilines is 1. The average Bonchev–Trinajstić information content (AvgIpc) is 2.66. The van der Waals surface area contributed by atoms with Gasteiger partial charge in [-0.25, -0.2) is 4.98 Å². The van der Waals surface area contributed by atoms with E-state index in [0.717, 1.165) is 10.0 Å². The minimum Gasteiger partial charge on any atom is -0.324 e. The molecule has 1 heterocycles. The normalized spacial score (nSPS) is 10.6. The maximum Gasteiger partial charge on any atom is 0.255 e. The molecule has 0 atom stereocenters. The Bertz CT molecular complexity index is 1010. The van der Waals surface area contributed by atoms with Gasteiger partial charge in [-0.3, -0.25) is 9.59 Å². The van der Waals surface area contributed by atoms with Crippen molar-refractivity contribution in [2.45, 2.75) is 18.5 Å². The molecule has 0 saturated carbocycles. The van der Waals surface area contributed by atoms with E-state index in [9.17, 15) is 9.59 Å². The van der Waals surface area contributed by atoms with Gasteiger partial charge in [-0.1, -0.05) is 54.2 Å². The lowest BCUT2D eigenvalue weighted by Gasteiger charge is -2.08. The summed E-state index contributed by atoms with van der Waals surface area (Å²) in [6.07, 6.45) is 0.530. The van der Waals surface area contributed by atoms with E-state index in [1.54, 1.807) is 0 Å². The summed E-state index contributed by atoms with van der Waals surface area (Å²) in [5, 5.41) is 3.27. The fourth-order valence-electron chi connectivity index (χ4n) is 2.54. The van der Waals surface area contributed by atoms with Gasteiger partial charge in [-0.2, -0.15) is 0 Å². The Morgan fingerprint density at radius 1 is 1.15 bits per heavy atom. The van der Waals surface area contributed by atoms with Gasteiger partial charge in [-0.05, 0) is 40.5 Å². The Kier molecular flexibility index (Phi) is 6.47. The Morgan fingerprint density at radius 2 is 1.85 bits per heavy atom. The first-order valence-electron chi connectivity index (χ1n) is 8.34. The quantitative estimate of drug-likeness (QED) is 0.442. The number of nitrogens with zero attached hydrogens (tertiary/aromatic N) is 1. The zero-order valence-corrected chi connectivity index (χ0v) is 17.1. The van der Waals surface area contributed by atoms with Gasteiger partial charge >= 0.3 is 0 Å². The number of halogens is 1. The van der Waals surface area contributed by atoms with Crippen LogP contribution < -0.4 is 10.9 Å². The van der Waals surface area contributed by atoms with Gasteiger partial charge in [0.15, 0.2) is 5.16 Å². The van der Waals surface area contributed by atoms with E-state index < -0.39 is 0 Å². The number of aromatic nitrogens is 2. The van der Waals surface area contributed by atoms with Crippen LogP contribution in [-0.4, -0.2) is 21.6 Å². The van der Waals surface area contributed by atoms with Crippen LogP contribution in [0.15, 0.2) is 69.0 Å². The molecule has 2 N–H and O–H groups in total. The van der Waals surface area contributed by atoms with Gasteiger partial charge in [0.1, 0.15) is 0 Å². The second kappa shape index (κ2) is 9.01. The number of H-pyrrole nitrogens is 1. The van der Waals surface area contributed by atoms with Crippen LogP contribution in [-0.2, 0) is 11.2 Å². The summed E-state index contributed by atoms with van der Waals surface area (Å²) in [5.41, 5.74) is 2.92. The number of hydrogen-bond donors (Lipinski definition) is 2. The first-order valence-corrected chi connectivity index (χ1v) is 10.1. The lowest BCUT2D eigenvalue weighted by atomic mass is 10.1. The number of benzene rings is 2. The summed E-state index contributed by atoms with van der Waals surface area (Å²) in [6, 6.07) is 17.2. The SMILES string of the molecule is Cc1nc(SCC(=O)Nc2ccccc2Br)[nH]c(=O)c1Cc1ccccc1. The number of amides is 1. The number of carbonyl (C=O) groups is 1. The molecule has 0 bridgehead atoms. The molecular weight excluding hydrogens is 426 g/mol. The fraction of sp³-hybridized carbons (Fsp3) is 0.150. The van der Waals surface area contributed by atoms with Crippen LogP contribution in [0.5, 0.6) is 0 Å². The first kappa shape index (κ1) is 19.4. The third kappa shape index (κ3) is 5.30. The Labute approximate surface area is 169 Å². The van der Waals surface area contributed by atoms with Crippen LogP contribution in [0.2, 0.25) is 0 Å².